The van der Waals surface area contributed by atoms with Gasteiger partial charge in [-0.05, 0) is 42.2 Å². The van der Waals surface area contributed by atoms with Crippen LogP contribution in [0.3, 0.4) is 0 Å². The second-order valence-corrected chi connectivity index (χ2v) is 5.53. The summed E-state index contributed by atoms with van der Waals surface area (Å²) in [5, 5.41) is 3.80. The summed E-state index contributed by atoms with van der Waals surface area (Å²) < 4.78 is 5.57. The fourth-order valence-electron chi connectivity index (χ4n) is 2.42. The fourth-order valence-corrected chi connectivity index (χ4v) is 2.42. The maximum atomic E-state index is 12.3. The Bertz CT molecular complexity index is 754. The van der Waals surface area contributed by atoms with E-state index < -0.39 is 0 Å². The smallest absolute Gasteiger partial charge is 0.291 e. The molecule has 0 saturated carbocycles. The highest BCUT2D eigenvalue weighted by atomic mass is 16.3. The van der Waals surface area contributed by atoms with E-state index in [1.165, 1.54) is 5.56 Å². The van der Waals surface area contributed by atoms with Crippen molar-refractivity contribution in [2.75, 3.05) is 5.32 Å². The van der Waals surface area contributed by atoms with E-state index in [-0.39, 0.29) is 5.91 Å². The maximum Gasteiger partial charge on any atom is 0.291 e. The molecule has 3 aromatic rings. The highest BCUT2D eigenvalue weighted by Crippen LogP contribution is 2.22. The van der Waals surface area contributed by atoms with E-state index >= 15 is 0 Å². The molecule has 1 heterocycles. The molecule has 0 bridgehead atoms. The Morgan fingerprint density at radius 1 is 1.14 bits per heavy atom. The molecule has 0 radical (unpaired) electrons. The molecule has 112 valence electrons. The van der Waals surface area contributed by atoms with Crippen molar-refractivity contribution in [1.82, 2.24) is 0 Å². The van der Waals surface area contributed by atoms with Crippen molar-refractivity contribution in [1.29, 1.82) is 0 Å². The SMILES string of the molecule is CCC(C)c1ccc(NC(=O)c2cc3ccccc3o2)cc1. The van der Waals surface area contributed by atoms with Crippen LogP contribution in [0.2, 0.25) is 0 Å². The van der Waals surface area contributed by atoms with Gasteiger partial charge in [-0.2, -0.15) is 0 Å². The quantitative estimate of drug-likeness (QED) is 0.718. The van der Waals surface area contributed by atoms with Gasteiger partial charge in [-0.25, -0.2) is 0 Å². The minimum atomic E-state index is -0.229. The summed E-state index contributed by atoms with van der Waals surface area (Å²) in [5.74, 6) is 0.625. The van der Waals surface area contributed by atoms with Crippen molar-refractivity contribution < 1.29 is 9.21 Å². The molecule has 1 unspecified atom stereocenters. The zero-order valence-electron chi connectivity index (χ0n) is 12.8. The van der Waals surface area contributed by atoms with Crippen LogP contribution in [0, 0.1) is 0 Å². The Kier molecular flexibility index (Phi) is 3.96. The lowest BCUT2D eigenvalue weighted by Gasteiger charge is -2.10. The molecule has 1 amide bonds. The van der Waals surface area contributed by atoms with Gasteiger partial charge in [0, 0.05) is 11.1 Å². The van der Waals surface area contributed by atoms with Gasteiger partial charge < -0.3 is 9.73 Å². The molecule has 22 heavy (non-hydrogen) atoms. The van der Waals surface area contributed by atoms with Gasteiger partial charge in [0.2, 0.25) is 0 Å². The van der Waals surface area contributed by atoms with Crippen LogP contribution in [0.4, 0.5) is 5.69 Å². The molecule has 1 aromatic heterocycles. The van der Waals surface area contributed by atoms with Gasteiger partial charge in [0.25, 0.3) is 5.91 Å². The monoisotopic (exact) mass is 293 g/mol. The van der Waals surface area contributed by atoms with E-state index in [0.717, 1.165) is 23.1 Å². The predicted octanol–water partition coefficient (Wildman–Crippen LogP) is 5.20. The summed E-state index contributed by atoms with van der Waals surface area (Å²) >= 11 is 0. The highest BCUT2D eigenvalue weighted by Gasteiger charge is 2.12. The average molecular weight is 293 g/mol. The molecule has 0 aliphatic rings. The third-order valence-electron chi connectivity index (χ3n) is 4.00. The van der Waals surface area contributed by atoms with Crippen LogP contribution < -0.4 is 5.32 Å². The summed E-state index contributed by atoms with van der Waals surface area (Å²) in [5.41, 5.74) is 2.78. The van der Waals surface area contributed by atoms with E-state index in [4.69, 9.17) is 4.42 Å². The first-order valence-corrected chi connectivity index (χ1v) is 7.57. The summed E-state index contributed by atoms with van der Waals surface area (Å²) in [6, 6.07) is 17.3. The third-order valence-corrected chi connectivity index (χ3v) is 4.00. The molecule has 0 spiro atoms. The van der Waals surface area contributed by atoms with Crippen LogP contribution in [0.5, 0.6) is 0 Å². The van der Waals surface area contributed by atoms with Gasteiger partial charge in [0.05, 0.1) is 0 Å². The summed E-state index contributed by atoms with van der Waals surface area (Å²) in [6.07, 6.45) is 1.10. The number of para-hydroxylation sites is 1. The van der Waals surface area contributed by atoms with Crippen molar-refractivity contribution in [3.63, 3.8) is 0 Å². The van der Waals surface area contributed by atoms with Crippen LogP contribution in [-0.2, 0) is 0 Å². The van der Waals surface area contributed by atoms with E-state index in [1.54, 1.807) is 6.07 Å². The number of fused-ring (bicyclic) bond motifs is 1. The Morgan fingerprint density at radius 2 is 1.86 bits per heavy atom. The average Bonchev–Trinajstić information content (AvgIpc) is 2.99. The number of carbonyl (C=O) groups is 1. The van der Waals surface area contributed by atoms with Crippen molar-refractivity contribution in [3.8, 4) is 0 Å². The Hall–Kier alpha value is -2.55. The van der Waals surface area contributed by atoms with Gasteiger partial charge in [0.15, 0.2) is 5.76 Å². The normalized spacial score (nSPS) is 12.3. The second kappa shape index (κ2) is 6.06. The zero-order chi connectivity index (χ0) is 15.5. The number of anilines is 1. The van der Waals surface area contributed by atoms with E-state index in [1.807, 2.05) is 36.4 Å². The molecule has 3 heteroatoms. The van der Waals surface area contributed by atoms with E-state index in [2.05, 4.69) is 31.3 Å². The number of hydrogen-bond acceptors (Lipinski definition) is 2. The van der Waals surface area contributed by atoms with Crippen LogP contribution in [-0.4, -0.2) is 5.91 Å². The van der Waals surface area contributed by atoms with Gasteiger partial charge in [-0.3, -0.25) is 4.79 Å². The summed E-state index contributed by atoms with van der Waals surface area (Å²) in [4.78, 5) is 12.3. The van der Waals surface area contributed by atoms with Crippen molar-refractivity contribution >= 4 is 22.6 Å². The lowest BCUT2D eigenvalue weighted by atomic mass is 9.99. The molecule has 0 saturated heterocycles. The van der Waals surface area contributed by atoms with Crippen LogP contribution >= 0.6 is 0 Å². The molecule has 3 rings (SSSR count). The molecule has 1 N–H and O–H groups in total. The number of benzene rings is 2. The van der Waals surface area contributed by atoms with Crippen LogP contribution in [0.15, 0.2) is 59.0 Å². The van der Waals surface area contributed by atoms with Crippen LogP contribution in [0.1, 0.15) is 42.3 Å². The molecule has 1 atom stereocenters. The molecule has 0 fully saturated rings. The van der Waals surface area contributed by atoms with E-state index in [0.29, 0.717) is 11.7 Å². The highest BCUT2D eigenvalue weighted by molar-refractivity contribution is 6.04. The van der Waals surface area contributed by atoms with Gasteiger partial charge in [-0.15, -0.1) is 0 Å². The molecule has 0 aliphatic heterocycles. The number of carbonyl (C=O) groups excluding carboxylic acids is 1. The largest absolute Gasteiger partial charge is 0.451 e. The lowest BCUT2D eigenvalue weighted by molar-refractivity contribution is 0.0998. The van der Waals surface area contributed by atoms with E-state index in [9.17, 15) is 4.79 Å². The summed E-state index contributed by atoms with van der Waals surface area (Å²) in [7, 11) is 0. The molecular formula is C19H19NO2. The lowest BCUT2D eigenvalue weighted by Crippen LogP contribution is -2.10. The molecule has 2 aromatic carbocycles. The number of furan rings is 1. The second-order valence-electron chi connectivity index (χ2n) is 5.53. The molecular weight excluding hydrogens is 274 g/mol. The topological polar surface area (TPSA) is 42.2 Å². The minimum absolute atomic E-state index is 0.229. The number of hydrogen-bond donors (Lipinski definition) is 1. The first-order chi connectivity index (χ1) is 10.7. The Labute approximate surface area is 130 Å². The standard InChI is InChI=1S/C19H19NO2/c1-3-13(2)14-8-10-16(11-9-14)20-19(21)18-12-15-6-4-5-7-17(15)22-18/h4-13H,3H2,1-2H3,(H,20,21). The maximum absolute atomic E-state index is 12.3. The first kappa shape index (κ1) is 14.4. The molecule has 3 nitrogen and oxygen atoms in total. The predicted molar refractivity (Wildman–Crippen MR) is 89.3 cm³/mol. The Morgan fingerprint density at radius 3 is 2.55 bits per heavy atom. The minimum Gasteiger partial charge on any atom is -0.451 e. The van der Waals surface area contributed by atoms with Crippen molar-refractivity contribution in [2.24, 2.45) is 0 Å². The zero-order valence-corrected chi connectivity index (χ0v) is 12.8. The van der Waals surface area contributed by atoms with Gasteiger partial charge in [0.1, 0.15) is 5.58 Å². The third kappa shape index (κ3) is 2.89. The first-order valence-electron chi connectivity index (χ1n) is 7.57. The van der Waals surface area contributed by atoms with Gasteiger partial charge >= 0.3 is 0 Å². The van der Waals surface area contributed by atoms with Crippen molar-refractivity contribution in [2.45, 2.75) is 26.2 Å². The number of rotatable bonds is 4. The molecule has 0 aliphatic carbocycles. The number of nitrogens with one attached hydrogen (secondary N) is 1. The number of amides is 1. The summed E-state index contributed by atoms with van der Waals surface area (Å²) in [6.45, 7) is 4.36. The fraction of sp³-hybridized carbons (Fsp3) is 0.211. The van der Waals surface area contributed by atoms with Gasteiger partial charge in [-0.1, -0.05) is 44.2 Å². The van der Waals surface area contributed by atoms with Crippen molar-refractivity contribution in [3.05, 3.63) is 65.9 Å². The Balaban J connectivity index is 1.76. The van der Waals surface area contributed by atoms with Crippen LogP contribution in [0.25, 0.3) is 11.0 Å².